The number of piperidine rings is 1. The maximum absolute atomic E-state index is 12.1. The second-order valence-corrected chi connectivity index (χ2v) is 9.70. The highest BCUT2D eigenvalue weighted by atomic mass is 35.6. The smallest absolute Gasteiger partial charge is 0.250 e. The molecule has 0 aliphatic carbocycles. The number of alkyl halides is 3. The maximum Gasteiger partial charge on any atom is 0.250 e. The first-order valence-electron chi connectivity index (χ1n) is 8.80. The van der Waals surface area contributed by atoms with Gasteiger partial charge in [-0.1, -0.05) is 47.8 Å². The molecular weight excluding hydrogens is 431 g/mol. The summed E-state index contributed by atoms with van der Waals surface area (Å²) in [5, 5.41) is 6.04. The third-order valence-electron chi connectivity index (χ3n) is 4.99. The number of aromatic nitrogens is 1. The van der Waals surface area contributed by atoms with Gasteiger partial charge in [-0.25, -0.2) is 0 Å². The van der Waals surface area contributed by atoms with E-state index in [1.807, 2.05) is 15.5 Å². The lowest BCUT2D eigenvalue weighted by atomic mass is 9.83. The van der Waals surface area contributed by atoms with Crippen molar-refractivity contribution in [2.45, 2.75) is 42.2 Å². The first-order chi connectivity index (χ1) is 12.7. The molecule has 10 heteroatoms. The summed E-state index contributed by atoms with van der Waals surface area (Å²) < 4.78 is 0.110. The number of likely N-dealkylation sites (tertiary alicyclic amines) is 1. The van der Waals surface area contributed by atoms with Crippen molar-refractivity contribution in [2.24, 2.45) is 5.92 Å². The Morgan fingerprint density at radius 2 is 2.04 bits per heavy atom. The average molecular weight is 452 g/mol. The van der Waals surface area contributed by atoms with E-state index in [0.29, 0.717) is 30.7 Å². The summed E-state index contributed by atoms with van der Waals surface area (Å²) in [5.74, 6) is 0.278. The minimum absolute atomic E-state index is 0.0369. The molecule has 1 unspecified atom stereocenters. The molecule has 3 heterocycles. The third-order valence-corrected chi connectivity index (χ3v) is 6.02. The van der Waals surface area contributed by atoms with E-state index in [1.54, 1.807) is 19.1 Å². The minimum atomic E-state index is -1.75. The summed E-state index contributed by atoms with van der Waals surface area (Å²) in [7, 11) is 0. The van der Waals surface area contributed by atoms with Crippen molar-refractivity contribution < 1.29 is 4.79 Å². The molecule has 2 N–H and O–H groups in total. The maximum atomic E-state index is 12.1. The fourth-order valence-corrected chi connectivity index (χ4v) is 4.33. The van der Waals surface area contributed by atoms with Crippen LogP contribution in [0.2, 0.25) is 0 Å². The number of amides is 1. The van der Waals surface area contributed by atoms with Gasteiger partial charge in [-0.15, -0.1) is 0 Å². The van der Waals surface area contributed by atoms with E-state index < -0.39 is 9.96 Å². The number of nitrogens with zero attached hydrogens (tertiary/aromatic N) is 2. The highest BCUT2D eigenvalue weighted by Crippen LogP contribution is 2.35. The number of nitrogens with one attached hydrogen (secondary N) is 2. The van der Waals surface area contributed by atoms with Gasteiger partial charge in [-0.05, 0) is 30.6 Å². The van der Waals surface area contributed by atoms with E-state index >= 15 is 0 Å². The van der Waals surface area contributed by atoms with Crippen LogP contribution >= 0.6 is 47.0 Å². The van der Waals surface area contributed by atoms with Crippen LogP contribution in [-0.4, -0.2) is 43.5 Å². The highest BCUT2D eigenvalue weighted by molar-refractivity contribution is 7.80. The Kier molecular flexibility index (Phi) is 6.25. The normalized spacial score (nSPS) is 22.6. The molecule has 2 aliphatic rings. The van der Waals surface area contributed by atoms with Crippen LogP contribution in [0.5, 0.6) is 0 Å². The molecule has 148 valence electrons. The van der Waals surface area contributed by atoms with Gasteiger partial charge in [-0.2, -0.15) is 0 Å². The number of fused-ring (bicyclic) bond motifs is 4. The lowest BCUT2D eigenvalue weighted by Crippen LogP contribution is -2.60. The van der Waals surface area contributed by atoms with E-state index in [4.69, 9.17) is 47.0 Å². The molecular formula is C17H21Cl3N4O2S. The number of hydrogen-bond acceptors (Lipinski definition) is 3. The zero-order chi connectivity index (χ0) is 19.8. The van der Waals surface area contributed by atoms with Crippen molar-refractivity contribution in [3.8, 4) is 0 Å². The van der Waals surface area contributed by atoms with Gasteiger partial charge in [-0.3, -0.25) is 9.59 Å². The van der Waals surface area contributed by atoms with Gasteiger partial charge >= 0.3 is 0 Å². The molecule has 3 atom stereocenters. The van der Waals surface area contributed by atoms with Crippen LogP contribution in [0.1, 0.15) is 31.4 Å². The molecule has 1 aromatic heterocycles. The van der Waals surface area contributed by atoms with Crippen LogP contribution in [0.4, 0.5) is 0 Å². The Labute approximate surface area is 178 Å². The van der Waals surface area contributed by atoms with Crippen LogP contribution < -0.4 is 16.2 Å². The first-order valence-corrected chi connectivity index (χ1v) is 10.3. The molecule has 0 radical (unpaired) electrons. The summed E-state index contributed by atoms with van der Waals surface area (Å²) in [4.78, 5) is 25.9. The summed E-state index contributed by atoms with van der Waals surface area (Å²) in [6, 6.07) is 5.38. The average Bonchev–Trinajstić information content (AvgIpc) is 2.61. The SMILES string of the molecule is CCC(=O)NC(NC(=S)N1C[C@@H]2C[C@H](C1)c1cccc(=O)n1C2)C(Cl)(Cl)Cl. The van der Waals surface area contributed by atoms with Gasteiger partial charge in [0.2, 0.25) is 9.70 Å². The molecule has 2 aliphatic heterocycles. The van der Waals surface area contributed by atoms with Crippen molar-refractivity contribution in [1.82, 2.24) is 20.1 Å². The minimum Gasteiger partial charge on any atom is -0.348 e. The Morgan fingerprint density at radius 3 is 2.70 bits per heavy atom. The van der Waals surface area contributed by atoms with Crippen LogP contribution in [0, 0.1) is 5.92 Å². The zero-order valence-corrected chi connectivity index (χ0v) is 17.8. The number of carbonyl (C=O) groups is 1. The molecule has 27 heavy (non-hydrogen) atoms. The van der Waals surface area contributed by atoms with E-state index in [2.05, 4.69) is 10.6 Å². The summed E-state index contributed by atoms with van der Waals surface area (Å²) in [6.07, 6.45) is 0.354. The van der Waals surface area contributed by atoms with Crippen molar-refractivity contribution in [2.75, 3.05) is 13.1 Å². The Hall–Kier alpha value is -1.02. The molecule has 1 amide bonds. The second kappa shape index (κ2) is 8.15. The molecule has 0 aromatic carbocycles. The molecule has 1 fully saturated rings. The van der Waals surface area contributed by atoms with Crippen molar-refractivity contribution in [1.29, 1.82) is 0 Å². The van der Waals surface area contributed by atoms with E-state index in [1.165, 1.54) is 0 Å². The third kappa shape index (κ3) is 4.70. The molecule has 1 aromatic rings. The van der Waals surface area contributed by atoms with Gasteiger partial charge < -0.3 is 20.1 Å². The predicted octanol–water partition coefficient (Wildman–Crippen LogP) is 2.36. The molecule has 1 saturated heterocycles. The predicted molar refractivity (Wildman–Crippen MR) is 111 cm³/mol. The van der Waals surface area contributed by atoms with Crippen molar-refractivity contribution in [3.05, 3.63) is 34.2 Å². The van der Waals surface area contributed by atoms with E-state index in [9.17, 15) is 9.59 Å². The van der Waals surface area contributed by atoms with Crippen LogP contribution in [-0.2, 0) is 11.3 Å². The summed E-state index contributed by atoms with van der Waals surface area (Å²) in [5.41, 5.74) is 1.07. The van der Waals surface area contributed by atoms with Crippen molar-refractivity contribution >= 4 is 58.0 Å². The zero-order valence-electron chi connectivity index (χ0n) is 14.8. The Balaban J connectivity index is 1.73. The fraction of sp³-hybridized carbons (Fsp3) is 0.588. The standard InChI is InChI=1S/C17H21Cl3N4O2S/c1-2-13(25)21-15(17(18,19)20)22-16(27)23-7-10-6-11(9-23)12-4-3-5-14(26)24(12)8-10/h3-5,10-11,15H,2,6-9H2,1H3,(H,21,25)(H,22,27)/t10-,11+,15?/m0/s1. The monoisotopic (exact) mass is 450 g/mol. The van der Waals surface area contributed by atoms with Gasteiger partial charge in [0.15, 0.2) is 5.11 Å². The van der Waals surface area contributed by atoms with Gasteiger partial charge in [0.25, 0.3) is 5.56 Å². The Morgan fingerprint density at radius 1 is 1.30 bits per heavy atom. The number of rotatable bonds is 3. The quantitative estimate of drug-likeness (QED) is 0.420. The topological polar surface area (TPSA) is 66.4 Å². The Bertz CT molecular complexity index is 795. The largest absolute Gasteiger partial charge is 0.348 e. The van der Waals surface area contributed by atoms with Crippen LogP contribution in [0.3, 0.4) is 0 Å². The van der Waals surface area contributed by atoms with Crippen molar-refractivity contribution in [3.63, 3.8) is 0 Å². The molecule has 0 spiro atoms. The van der Waals surface area contributed by atoms with Gasteiger partial charge in [0.05, 0.1) is 0 Å². The number of pyridine rings is 1. The summed E-state index contributed by atoms with van der Waals surface area (Å²) >= 11 is 23.5. The number of thiocarbonyl (C=S) groups is 1. The van der Waals surface area contributed by atoms with Crippen LogP contribution in [0.15, 0.2) is 23.0 Å². The molecule has 3 rings (SSSR count). The highest BCUT2D eigenvalue weighted by Gasteiger charge is 2.38. The van der Waals surface area contributed by atoms with Gasteiger partial charge in [0.1, 0.15) is 6.17 Å². The van der Waals surface area contributed by atoms with Crippen LogP contribution in [0.25, 0.3) is 0 Å². The lowest BCUT2D eigenvalue weighted by molar-refractivity contribution is -0.121. The molecule has 6 nitrogen and oxygen atoms in total. The lowest BCUT2D eigenvalue weighted by Gasteiger charge is -2.44. The first kappa shape index (κ1) is 20.7. The van der Waals surface area contributed by atoms with E-state index in [-0.39, 0.29) is 23.8 Å². The van der Waals surface area contributed by atoms with E-state index in [0.717, 1.165) is 12.1 Å². The molecule has 2 bridgehead atoms. The fourth-order valence-electron chi connectivity index (χ4n) is 3.74. The number of carbonyl (C=O) groups excluding carboxylic acids is 1. The second-order valence-electron chi connectivity index (χ2n) is 6.95. The van der Waals surface area contributed by atoms with Gasteiger partial charge in [0, 0.05) is 43.7 Å². The summed E-state index contributed by atoms with van der Waals surface area (Å²) in [6.45, 7) is 3.76. The number of halogens is 3. The molecule has 0 saturated carbocycles. The number of hydrogen-bond donors (Lipinski definition) is 2.